The van der Waals surface area contributed by atoms with Gasteiger partial charge in [0, 0.05) is 17.6 Å². The third kappa shape index (κ3) is 23.9. The molecule has 3 rings (SSSR count). The Morgan fingerprint density at radius 1 is 0.826 bits per heavy atom. The molecule has 0 aromatic heterocycles. The second-order valence-corrected chi connectivity index (χ2v) is 11.9. The molecule has 0 saturated carbocycles. The fraction of sp³-hybridized carbons (Fsp3) is 0.273. The molecule has 0 N–H and O–H groups in total. The maximum Gasteiger partial charge on any atom is 0.333 e. The Morgan fingerprint density at radius 3 is 1.37 bits per heavy atom. The summed E-state index contributed by atoms with van der Waals surface area (Å²) in [6, 6.07) is 32.2. The number of esters is 1. The minimum Gasteiger partial charge on any atom is -0.722 e. The maximum atomic E-state index is 12.3. The van der Waals surface area contributed by atoms with Crippen molar-refractivity contribution in [3.63, 3.8) is 0 Å². The number of alkyl halides is 3. The lowest BCUT2D eigenvalue weighted by atomic mass is 10.2. The largest absolute Gasteiger partial charge is 0.722 e. The molecule has 0 atom stereocenters. The number of halogens is 5. The smallest absolute Gasteiger partial charge is 0.333 e. The van der Waals surface area contributed by atoms with E-state index in [9.17, 15) is 26.6 Å². The van der Waals surface area contributed by atoms with E-state index in [1.54, 1.807) is 6.92 Å². The van der Waals surface area contributed by atoms with Crippen molar-refractivity contribution >= 4 is 44.2 Å². The molecule has 0 fully saturated rings. The van der Waals surface area contributed by atoms with Gasteiger partial charge in [0.05, 0.1) is 17.5 Å². The lowest BCUT2D eigenvalue weighted by molar-refractivity contribution is -0.139. The average Bonchev–Trinajstić information content (AvgIpc) is 2.97. The van der Waals surface area contributed by atoms with E-state index in [4.69, 9.17) is 24.6 Å². The van der Waals surface area contributed by atoms with Crippen molar-refractivity contribution in [2.75, 3.05) is 13.3 Å². The van der Waals surface area contributed by atoms with Gasteiger partial charge in [0.15, 0.2) is 21.4 Å². The highest BCUT2D eigenvalue weighted by Gasteiger charge is 2.28. The van der Waals surface area contributed by atoms with Crippen molar-refractivity contribution in [1.29, 1.82) is 0 Å². The van der Waals surface area contributed by atoms with Gasteiger partial charge in [0.25, 0.3) is 16.4 Å². The van der Waals surface area contributed by atoms with E-state index in [-0.39, 0.29) is 44.3 Å². The highest BCUT2D eigenvalue weighted by molar-refractivity contribution is 7.97. The van der Waals surface area contributed by atoms with E-state index in [1.165, 1.54) is 21.6 Å². The van der Waals surface area contributed by atoms with Crippen LogP contribution < -0.4 is 0 Å². The first kappa shape index (κ1) is 47.0. The van der Waals surface area contributed by atoms with Gasteiger partial charge in [-0.25, -0.2) is 26.4 Å². The van der Waals surface area contributed by atoms with E-state index >= 15 is 0 Å². The lowest BCUT2D eigenvalue weighted by Crippen LogP contribution is -2.19. The topological polar surface area (TPSA) is 101 Å². The van der Waals surface area contributed by atoms with Gasteiger partial charge in [0.1, 0.15) is 0 Å². The number of carbonyl (C=O) groups excluding carboxylic acids is 2. The van der Waals surface area contributed by atoms with Crippen molar-refractivity contribution in [1.82, 2.24) is 0 Å². The minimum atomic E-state index is -5.42. The van der Waals surface area contributed by atoms with Crippen LogP contribution in [0.25, 0.3) is 0 Å². The number of carbonyl (C=O) groups is 2. The Labute approximate surface area is 278 Å². The second kappa shape index (κ2) is 24.7. The van der Waals surface area contributed by atoms with Crippen molar-refractivity contribution in [2.45, 2.75) is 62.2 Å². The quantitative estimate of drug-likeness (QED) is 0.0396. The van der Waals surface area contributed by atoms with Crippen LogP contribution in [0.5, 0.6) is 0 Å². The normalized spacial score (nSPS) is 10.0. The number of hydrogen-bond donors (Lipinski definition) is 0. The van der Waals surface area contributed by atoms with Crippen LogP contribution in [0, 0.1) is 0 Å². The summed E-state index contributed by atoms with van der Waals surface area (Å²) in [6.07, 6.45) is -0.678. The van der Waals surface area contributed by atoms with Crippen LogP contribution in [0.4, 0.5) is 17.1 Å². The van der Waals surface area contributed by atoms with Crippen LogP contribution >= 0.6 is 11.6 Å². The van der Waals surface area contributed by atoms with Gasteiger partial charge in [-0.2, -0.15) is 0 Å². The van der Waals surface area contributed by atoms with Crippen LogP contribution in [0.1, 0.15) is 41.5 Å². The molecule has 6 nitrogen and oxygen atoms in total. The predicted octanol–water partition coefficient (Wildman–Crippen LogP) is 9.29. The average molecular weight is 709 g/mol. The molecule has 0 aliphatic carbocycles. The van der Waals surface area contributed by atoms with Gasteiger partial charge in [-0.05, 0) is 68.3 Å². The Bertz CT molecular complexity index is 1300. The Balaban J connectivity index is -0.000000605. The molecule has 0 heterocycles. The zero-order valence-electron chi connectivity index (χ0n) is 24.1. The van der Waals surface area contributed by atoms with E-state index in [0.29, 0.717) is 5.57 Å². The summed E-state index contributed by atoms with van der Waals surface area (Å²) in [5.74, 6) is -3.93. The molecule has 0 aliphatic rings. The molecule has 13 heteroatoms. The Hall–Kier alpha value is -3.45. The number of benzene rings is 3. The SMILES string of the molecule is C.C.C=C(C)C(=O)Cl.C=C(C)C(=O)OCCCC(F)(F)CF.O=S(=O)([O-])F.c1ccc([S+](c2ccccc2)c2ccccc2)cc1. The number of allylic oxidation sites excluding steroid dienone is 1. The molecule has 3 aromatic carbocycles. The summed E-state index contributed by atoms with van der Waals surface area (Å²) in [5, 5.41) is -0.463. The first-order chi connectivity index (χ1) is 20.5. The van der Waals surface area contributed by atoms with E-state index in [1.807, 2.05) is 0 Å². The zero-order chi connectivity index (χ0) is 33.8. The third-order valence-corrected chi connectivity index (χ3v) is 7.29. The molecule has 0 aliphatic heterocycles. The third-order valence-electron chi connectivity index (χ3n) is 4.74. The van der Waals surface area contributed by atoms with Crippen molar-refractivity contribution in [3.05, 3.63) is 115 Å². The van der Waals surface area contributed by atoms with Crippen LogP contribution in [0.15, 0.2) is 130 Å². The summed E-state index contributed by atoms with van der Waals surface area (Å²) in [6.45, 7) is 7.79. The lowest BCUT2D eigenvalue weighted by Gasteiger charge is -2.11. The summed E-state index contributed by atoms with van der Waals surface area (Å²) in [4.78, 5) is 24.6. The molecule has 256 valence electrons. The standard InChI is InChI=1S/C18H15S.C9H13F3O2.C4H5ClO.2CH4.FHO3S/c1-4-10-16(11-5-1)19(17-12-6-2-7-13-17)18-14-8-3-9-15-18;1-7(2)8(13)14-5-3-4-9(11,12)6-10;1-3(2)4(5)6;;;1-5(2,3)4/h1-15H;1,3-6H2,2H3;1H2,2H3;2*1H4;(H,2,3,4)/q+1;;;;;/p-1. The summed E-state index contributed by atoms with van der Waals surface area (Å²) in [7, 11) is -5.43. The van der Waals surface area contributed by atoms with Crippen molar-refractivity contribution in [2.24, 2.45) is 0 Å². The molecular formula is C33H41ClF4O6S2. The molecule has 0 saturated heterocycles. The van der Waals surface area contributed by atoms with E-state index < -0.39 is 40.7 Å². The highest BCUT2D eigenvalue weighted by atomic mass is 35.5. The highest BCUT2D eigenvalue weighted by Crippen LogP contribution is 2.30. The van der Waals surface area contributed by atoms with Crippen LogP contribution in [-0.2, 0) is 35.7 Å². The number of ether oxygens (including phenoxy) is 1. The van der Waals surface area contributed by atoms with Crippen LogP contribution in [0.3, 0.4) is 0 Å². The van der Waals surface area contributed by atoms with Gasteiger partial charge in [-0.15, -0.1) is 3.89 Å². The first-order valence-electron chi connectivity index (χ1n) is 12.6. The maximum absolute atomic E-state index is 12.3. The molecule has 3 aromatic rings. The number of hydrogen-bond acceptors (Lipinski definition) is 6. The molecule has 0 unspecified atom stereocenters. The zero-order valence-corrected chi connectivity index (χ0v) is 26.4. The van der Waals surface area contributed by atoms with E-state index in [0.717, 1.165) is 0 Å². The monoisotopic (exact) mass is 708 g/mol. The van der Waals surface area contributed by atoms with Gasteiger partial charge < -0.3 is 9.29 Å². The Morgan fingerprint density at radius 2 is 1.13 bits per heavy atom. The summed E-state index contributed by atoms with van der Waals surface area (Å²) in [5.41, 5.74) is 0.596. The molecular weight excluding hydrogens is 668 g/mol. The molecule has 0 radical (unpaired) electrons. The minimum absolute atomic E-state index is 0. The second-order valence-electron chi connectivity index (χ2n) is 8.70. The fourth-order valence-electron chi connectivity index (χ4n) is 2.76. The summed E-state index contributed by atoms with van der Waals surface area (Å²) >= 11 is 4.87. The van der Waals surface area contributed by atoms with Gasteiger partial charge >= 0.3 is 5.97 Å². The molecule has 0 amide bonds. The molecule has 0 bridgehead atoms. The van der Waals surface area contributed by atoms with Crippen LogP contribution in [0.2, 0.25) is 0 Å². The van der Waals surface area contributed by atoms with Crippen molar-refractivity contribution in [3.8, 4) is 0 Å². The van der Waals surface area contributed by atoms with Crippen LogP contribution in [-0.4, -0.2) is 43.4 Å². The fourth-order valence-corrected chi connectivity index (χ4v) is 4.87. The number of rotatable bonds is 10. The Kier molecular flexibility index (Phi) is 25.3. The van der Waals surface area contributed by atoms with Crippen molar-refractivity contribution < 1.29 is 44.4 Å². The van der Waals surface area contributed by atoms with Gasteiger partial charge in [-0.3, -0.25) is 4.79 Å². The predicted molar refractivity (Wildman–Crippen MR) is 177 cm³/mol. The molecule has 0 spiro atoms. The molecule has 46 heavy (non-hydrogen) atoms. The first-order valence-corrected chi connectivity index (χ1v) is 15.6. The van der Waals surface area contributed by atoms with E-state index in [2.05, 4.69) is 109 Å². The van der Waals surface area contributed by atoms with Gasteiger partial charge in [-0.1, -0.05) is 82.6 Å². The summed E-state index contributed by atoms with van der Waals surface area (Å²) < 4.78 is 76.1. The van der Waals surface area contributed by atoms with Gasteiger partial charge in [0.2, 0.25) is 5.24 Å².